The van der Waals surface area contributed by atoms with E-state index in [1.54, 1.807) is 55.6 Å². The highest BCUT2D eigenvalue weighted by atomic mass is 32.2. The van der Waals surface area contributed by atoms with Gasteiger partial charge in [0, 0.05) is 5.92 Å². The summed E-state index contributed by atoms with van der Waals surface area (Å²) >= 11 is 0. The minimum Gasteiger partial charge on any atom is -0.497 e. The molecule has 0 bridgehead atoms. The zero-order valence-corrected chi connectivity index (χ0v) is 14.8. The van der Waals surface area contributed by atoms with Gasteiger partial charge in [0.2, 0.25) is 0 Å². The van der Waals surface area contributed by atoms with Crippen LogP contribution in [0.3, 0.4) is 0 Å². The van der Waals surface area contributed by atoms with Crippen molar-refractivity contribution in [2.24, 2.45) is 5.41 Å². The van der Waals surface area contributed by atoms with E-state index in [9.17, 15) is 18.8 Å². The minimum atomic E-state index is -3.74. The Morgan fingerprint density at radius 2 is 1.76 bits per heavy atom. The molecule has 2 aromatic carbocycles. The second-order valence-electron chi connectivity index (χ2n) is 6.34. The van der Waals surface area contributed by atoms with E-state index >= 15 is 0 Å². The average Bonchev–Trinajstić information content (AvgIpc) is 3.33. The minimum absolute atomic E-state index is 0.173. The summed E-state index contributed by atoms with van der Waals surface area (Å²) in [7, 11) is -2.20. The molecule has 1 saturated carbocycles. The number of sulfone groups is 1. The number of nitrogens with zero attached hydrogens (tertiary/aromatic N) is 1. The van der Waals surface area contributed by atoms with Crippen LogP contribution in [0.1, 0.15) is 17.0 Å². The van der Waals surface area contributed by atoms with Gasteiger partial charge in [-0.1, -0.05) is 29.8 Å². The summed E-state index contributed by atoms with van der Waals surface area (Å²) in [5.74, 6) is 0.0774. The molecule has 0 aromatic heterocycles. The van der Waals surface area contributed by atoms with Gasteiger partial charge < -0.3 is 9.84 Å². The van der Waals surface area contributed by atoms with Crippen LogP contribution in [0, 0.1) is 23.7 Å². The number of rotatable bonds is 5. The van der Waals surface area contributed by atoms with E-state index < -0.39 is 33.0 Å². The van der Waals surface area contributed by atoms with Gasteiger partial charge in [-0.2, -0.15) is 5.26 Å². The molecule has 0 aliphatic heterocycles. The fraction of sp³-hybridized carbons (Fsp3) is 0.316. The van der Waals surface area contributed by atoms with Crippen molar-refractivity contribution in [3.63, 3.8) is 0 Å². The largest absolute Gasteiger partial charge is 0.497 e. The third-order valence-corrected chi connectivity index (χ3v) is 7.18. The van der Waals surface area contributed by atoms with Gasteiger partial charge in [-0.25, -0.2) is 8.42 Å². The first-order valence-electron chi connectivity index (χ1n) is 7.87. The molecule has 0 heterocycles. The molecule has 0 spiro atoms. The van der Waals surface area contributed by atoms with E-state index in [1.165, 1.54) is 0 Å². The summed E-state index contributed by atoms with van der Waals surface area (Å²) in [6.07, 6.45) is 0. The van der Waals surface area contributed by atoms with Crippen molar-refractivity contribution in [2.75, 3.05) is 13.7 Å². The Hall–Kier alpha value is -2.36. The fourth-order valence-electron chi connectivity index (χ4n) is 3.38. The van der Waals surface area contributed by atoms with Crippen molar-refractivity contribution in [3.05, 3.63) is 59.7 Å². The molecule has 2 aromatic rings. The molecular formula is C19H19NO4S. The SMILES string of the molecule is COc1ccc([C@@H]2[C@H](S(=O)(=O)c3ccc(C)cc3)[C@@]2(C#N)CO)cc1. The van der Waals surface area contributed by atoms with Crippen molar-refractivity contribution >= 4 is 9.84 Å². The lowest BCUT2D eigenvalue weighted by molar-refractivity contribution is 0.242. The number of methoxy groups -OCH3 is 1. The molecule has 0 amide bonds. The predicted molar refractivity (Wildman–Crippen MR) is 93.0 cm³/mol. The van der Waals surface area contributed by atoms with E-state index in [-0.39, 0.29) is 4.90 Å². The zero-order chi connectivity index (χ0) is 18.2. The molecule has 3 atom stereocenters. The second-order valence-corrected chi connectivity index (χ2v) is 8.41. The Balaban J connectivity index is 2.04. The van der Waals surface area contributed by atoms with Crippen molar-refractivity contribution < 1.29 is 18.3 Å². The number of ether oxygens (including phenoxy) is 1. The van der Waals surface area contributed by atoms with E-state index in [0.29, 0.717) is 11.3 Å². The summed E-state index contributed by atoms with van der Waals surface area (Å²) < 4.78 is 31.2. The first-order valence-corrected chi connectivity index (χ1v) is 9.42. The summed E-state index contributed by atoms with van der Waals surface area (Å²) in [6.45, 7) is 1.37. The molecule has 0 saturated heterocycles. The maximum absolute atomic E-state index is 13.1. The van der Waals surface area contributed by atoms with Crippen LogP contribution < -0.4 is 4.74 Å². The fourth-order valence-corrected chi connectivity index (χ4v) is 5.69. The van der Waals surface area contributed by atoms with Gasteiger partial charge in [0.25, 0.3) is 0 Å². The maximum Gasteiger partial charge on any atom is 0.183 e. The van der Waals surface area contributed by atoms with Crippen LogP contribution in [0.4, 0.5) is 0 Å². The highest BCUT2D eigenvalue weighted by Gasteiger charge is 2.72. The van der Waals surface area contributed by atoms with Crippen LogP contribution in [-0.2, 0) is 9.84 Å². The van der Waals surface area contributed by atoms with Gasteiger partial charge in [0.1, 0.15) is 11.2 Å². The molecule has 1 N–H and O–H groups in total. The highest BCUT2D eigenvalue weighted by Crippen LogP contribution is 2.63. The summed E-state index contributed by atoms with van der Waals surface area (Å²) in [5.41, 5.74) is 0.338. The number of aliphatic hydroxyl groups excluding tert-OH is 1. The summed E-state index contributed by atoms with van der Waals surface area (Å²) in [4.78, 5) is 0.173. The summed E-state index contributed by atoms with van der Waals surface area (Å²) in [6, 6.07) is 15.5. The van der Waals surface area contributed by atoms with Crippen molar-refractivity contribution in [1.82, 2.24) is 0 Å². The lowest BCUT2D eigenvalue weighted by Crippen LogP contribution is -2.18. The molecule has 3 rings (SSSR count). The lowest BCUT2D eigenvalue weighted by atomic mass is 10.0. The maximum atomic E-state index is 13.1. The van der Waals surface area contributed by atoms with Crippen LogP contribution in [-0.4, -0.2) is 32.5 Å². The zero-order valence-electron chi connectivity index (χ0n) is 14.0. The molecular weight excluding hydrogens is 338 g/mol. The summed E-state index contributed by atoms with van der Waals surface area (Å²) in [5, 5.41) is 18.5. The van der Waals surface area contributed by atoms with Gasteiger partial charge in [-0.15, -0.1) is 0 Å². The predicted octanol–water partition coefficient (Wildman–Crippen LogP) is 2.45. The van der Waals surface area contributed by atoms with E-state index in [2.05, 4.69) is 6.07 Å². The normalized spacial score (nSPS) is 25.2. The molecule has 1 aliphatic carbocycles. The number of benzene rings is 2. The Bertz CT molecular complexity index is 913. The number of aryl methyl sites for hydroxylation is 1. The highest BCUT2D eigenvalue weighted by molar-refractivity contribution is 7.92. The number of hydrogen-bond acceptors (Lipinski definition) is 5. The van der Waals surface area contributed by atoms with Crippen LogP contribution in [0.2, 0.25) is 0 Å². The van der Waals surface area contributed by atoms with Gasteiger partial charge in [-0.05, 0) is 36.8 Å². The van der Waals surface area contributed by atoms with Gasteiger partial charge in [0.05, 0.1) is 29.9 Å². The Morgan fingerprint density at radius 3 is 2.24 bits per heavy atom. The Kier molecular flexibility index (Phi) is 4.31. The Labute approximate surface area is 147 Å². The molecule has 5 nitrogen and oxygen atoms in total. The number of hydrogen-bond donors (Lipinski definition) is 1. The molecule has 6 heteroatoms. The van der Waals surface area contributed by atoms with Gasteiger partial charge in [-0.3, -0.25) is 0 Å². The molecule has 1 aliphatic rings. The lowest BCUT2D eigenvalue weighted by Gasteiger charge is -2.06. The second kappa shape index (κ2) is 6.17. The van der Waals surface area contributed by atoms with Crippen LogP contribution in [0.5, 0.6) is 5.75 Å². The van der Waals surface area contributed by atoms with Crippen molar-refractivity contribution in [1.29, 1.82) is 5.26 Å². The number of nitriles is 1. The van der Waals surface area contributed by atoms with E-state index in [1.807, 2.05) is 6.92 Å². The first kappa shape index (κ1) is 17.5. The van der Waals surface area contributed by atoms with Crippen molar-refractivity contribution in [3.8, 4) is 11.8 Å². The first-order chi connectivity index (χ1) is 11.9. The van der Waals surface area contributed by atoms with Crippen LogP contribution >= 0.6 is 0 Å². The molecule has 25 heavy (non-hydrogen) atoms. The molecule has 130 valence electrons. The van der Waals surface area contributed by atoms with Gasteiger partial charge >= 0.3 is 0 Å². The van der Waals surface area contributed by atoms with Crippen molar-refractivity contribution in [2.45, 2.75) is 23.0 Å². The standard InChI is InChI=1S/C19H19NO4S/c1-13-3-9-16(10-4-13)25(22,23)18-17(19(18,11-20)12-21)14-5-7-15(24-2)8-6-14/h3-10,17-18,21H,12H2,1-2H3/t17-,18+,19+/m1/s1. The molecule has 1 fully saturated rings. The third kappa shape index (κ3) is 2.70. The molecule has 0 radical (unpaired) electrons. The van der Waals surface area contributed by atoms with Gasteiger partial charge in [0.15, 0.2) is 9.84 Å². The van der Waals surface area contributed by atoms with Crippen LogP contribution in [0.25, 0.3) is 0 Å². The van der Waals surface area contributed by atoms with Crippen LogP contribution in [0.15, 0.2) is 53.4 Å². The number of aliphatic hydroxyl groups is 1. The Morgan fingerprint density at radius 1 is 1.16 bits per heavy atom. The smallest absolute Gasteiger partial charge is 0.183 e. The average molecular weight is 357 g/mol. The topological polar surface area (TPSA) is 87.4 Å². The quantitative estimate of drug-likeness (QED) is 0.888. The third-order valence-electron chi connectivity index (χ3n) is 4.88. The molecule has 0 unspecified atom stereocenters. The monoisotopic (exact) mass is 357 g/mol. The van der Waals surface area contributed by atoms with E-state index in [4.69, 9.17) is 4.74 Å². The van der Waals surface area contributed by atoms with E-state index in [0.717, 1.165) is 5.56 Å².